The maximum Gasteiger partial charge on any atom is 0.0972 e. The molecule has 0 bridgehead atoms. The zero-order valence-corrected chi connectivity index (χ0v) is 37.6. The summed E-state index contributed by atoms with van der Waals surface area (Å²) in [5, 5.41) is 6.64. The summed E-state index contributed by atoms with van der Waals surface area (Å²) in [6.07, 6.45) is 10.4. The van der Waals surface area contributed by atoms with Crippen LogP contribution in [0.2, 0.25) is 0 Å². The first-order chi connectivity index (χ1) is 34.2. The van der Waals surface area contributed by atoms with E-state index in [0.29, 0.717) is 0 Å². The Morgan fingerprint density at radius 1 is 0.406 bits per heavy atom. The van der Waals surface area contributed by atoms with E-state index in [-0.39, 0.29) is 0 Å². The molecule has 2 aliphatic carbocycles. The van der Waals surface area contributed by atoms with Gasteiger partial charge in [0.1, 0.15) is 0 Å². The molecule has 2 aliphatic rings. The molecule has 0 saturated heterocycles. The second-order valence-corrected chi connectivity index (χ2v) is 18.4. The van der Waals surface area contributed by atoms with Crippen molar-refractivity contribution >= 4 is 60.0 Å². The van der Waals surface area contributed by atoms with Crippen LogP contribution in [0.1, 0.15) is 40.8 Å². The van der Waals surface area contributed by atoms with Gasteiger partial charge in [0, 0.05) is 49.8 Å². The molecule has 4 heterocycles. The van der Waals surface area contributed by atoms with Crippen molar-refractivity contribution < 1.29 is 0 Å². The van der Waals surface area contributed by atoms with Gasteiger partial charge in [-0.2, -0.15) is 0 Å². The third-order valence-electron chi connectivity index (χ3n) is 14.6. The van der Waals surface area contributed by atoms with Crippen LogP contribution in [0.5, 0.6) is 0 Å². The lowest BCUT2D eigenvalue weighted by molar-refractivity contribution is 0.769. The number of para-hydroxylation sites is 1. The van der Waals surface area contributed by atoms with Crippen LogP contribution in [0.4, 0.5) is 0 Å². The van der Waals surface area contributed by atoms with E-state index in [9.17, 15) is 0 Å². The largest absolute Gasteiger partial charge is 0.256 e. The van der Waals surface area contributed by atoms with Crippen LogP contribution in [-0.2, 0) is 5.41 Å². The van der Waals surface area contributed by atoms with Gasteiger partial charge in [-0.05, 0) is 105 Å². The van der Waals surface area contributed by atoms with Crippen molar-refractivity contribution in [2.24, 2.45) is 0 Å². The molecule has 8 aromatic carbocycles. The molecule has 0 saturated carbocycles. The molecule has 0 fully saturated rings. The third-order valence-corrected chi connectivity index (χ3v) is 14.6. The van der Waals surface area contributed by atoms with Gasteiger partial charge >= 0.3 is 0 Å². The van der Waals surface area contributed by atoms with Gasteiger partial charge in [-0.15, -0.1) is 0 Å². The minimum atomic E-state index is -0.506. The molecule has 69 heavy (non-hydrogen) atoms. The Morgan fingerprint density at radius 3 is 1.88 bits per heavy atom. The fourth-order valence-corrected chi connectivity index (χ4v) is 11.5. The molecule has 4 aromatic heterocycles. The summed E-state index contributed by atoms with van der Waals surface area (Å²) in [6.45, 7) is 0. The van der Waals surface area contributed by atoms with Crippen LogP contribution < -0.4 is 0 Å². The summed E-state index contributed by atoms with van der Waals surface area (Å²) < 4.78 is 0. The number of rotatable bonds is 6. The van der Waals surface area contributed by atoms with Gasteiger partial charge in [0.05, 0.1) is 44.6 Å². The van der Waals surface area contributed by atoms with Gasteiger partial charge in [0.2, 0.25) is 0 Å². The first-order valence-electron chi connectivity index (χ1n) is 23.8. The Bertz CT molecular complexity index is 4090. The smallest absolute Gasteiger partial charge is 0.0972 e. The van der Waals surface area contributed by atoms with E-state index in [1.165, 1.54) is 44.3 Å². The quantitative estimate of drug-likeness (QED) is 0.156. The van der Waals surface area contributed by atoms with E-state index in [2.05, 4.69) is 218 Å². The second kappa shape index (κ2) is 15.6. The molecular formula is C65H42N4. The van der Waals surface area contributed by atoms with E-state index >= 15 is 0 Å². The highest BCUT2D eigenvalue weighted by Gasteiger charge is 2.46. The highest BCUT2D eigenvalue weighted by atomic mass is 14.8. The van der Waals surface area contributed by atoms with Crippen molar-refractivity contribution in [3.8, 4) is 44.8 Å². The van der Waals surface area contributed by atoms with Gasteiger partial charge in [0.25, 0.3) is 0 Å². The lowest BCUT2D eigenvalue weighted by atomic mass is 9.67. The summed E-state index contributed by atoms with van der Waals surface area (Å²) in [5.41, 5.74) is 19.1. The molecule has 0 radical (unpaired) electrons. The molecule has 0 unspecified atom stereocenters. The topological polar surface area (TPSA) is 51.6 Å². The average Bonchev–Trinajstić information content (AvgIpc) is 3.72. The lowest BCUT2D eigenvalue weighted by Crippen LogP contribution is -2.28. The van der Waals surface area contributed by atoms with Crippen molar-refractivity contribution in [1.29, 1.82) is 0 Å². The molecule has 0 spiro atoms. The van der Waals surface area contributed by atoms with Crippen LogP contribution >= 0.6 is 0 Å². The number of hydrogen-bond donors (Lipinski definition) is 0. The van der Waals surface area contributed by atoms with Gasteiger partial charge < -0.3 is 0 Å². The summed E-state index contributed by atoms with van der Waals surface area (Å²) in [4.78, 5) is 21.2. The molecule has 14 rings (SSSR count). The van der Waals surface area contributed by atoms with E-state index < -0.39 is 5.41 Å². The number of nitrogens with zero attached hydrogens (tertiary/aromatic N) is 4. The monoisotopic (exact) mass is 878 g/mol. The first-order valence-corrected chi connectivity index (χ1v) is 23.8. The Kier molecular flexibility index (Phi) is 8.90. The molecule has 0 aliphatic heterocycles. The normalized spacial score (nSPS) is 13.8. The van der Waals surface area contributed by atoms with E-state index in [1.807, 2.05) is 12.3 Å². The molecule has 4 heteroatoms. The SMILES string of the molecule is C1=CCCC(c2ccc3ccc4ccc(-c5ccc(-c6cccc(-c7nc8ccccc8c8cc9c(cc78)-c7ccccc7C9(c7ccccc7)c7ccccc7)c6)c6ncccc56)nc4c3n2)=C1. The Hall–Kier alpha value is -8.86. The van der Waals surface area contributed by atoms with Crippen molar-refractivity contribution in [3.05, 3.63) is 259 Å². The second-order valence-electron chi connectivity index (χ2n) is 18.4. The Morgan fingerprint density at radius 2 is 1.09 bits per heavy atom. The van der Waals surface area contributed by atoms with Crippen molar-refractivity contribution in [3.63, 3.8) is 0 Å². The van der Waals surface area contributed by atoms with Crippen molar-refractivity contribution in [2.45, 2.75) is 18.3 Å². The maximum absolute atomic E-state index is 5.50. The number of aromatic nitrogens is 4. The standard InChI is InChI=1S/C65H42N4/c1-4-16-41(17-5-1)58-35-31-42-29-30-43-32-36-60(69-63(43)62(42)67-58)51-34-33-48(64-52(51)26-15-37-66-64)44-18-14-19-45(38-44)61-55-39-54-49-24-10-12-27-56(49)65(46-20-6-2-7-21-46,47-22-8-3-9-23-47)57(54)40-53(55)50-25-11-13-28-59(50)68-61/h1-4,6-16,18-40H,5,17H2. The van der Waals surface area contributed by atoms with Crippen LogP contribution in [0.3, 0.4) is 0 Å². The Balaban J connectivity index is 0.933. The number of pyridine rings is 4. The number of allylic oxidation sites excluding steroid dienone is 4. The predicted molar refractivity (Wildman–Crippen MR) is 285 cm³/mol. The summed E-state index contributed by atoms with van der Waals surface area (Å²) in [5.74, 6) is 0. The summed E-state index contributed by atoms with van der Waals surface area (Å²) in [6, 6.07) is 74.9. The molecule has 0 N–H and O–H groups in total. The van der Waals surface area contributed by atoms with E-state index in [4.69, 9.17) is 19.9 Å². The zero-order chi connectivity index (χ0) is 45.5. The van der Waals surface area contributed by atoms with E-state index in [1.54, 1.807) is 0 Å². The van der Waals surface area contributed by atoms with Gasteiger partial charge in [-0.1, -0.05) is 182 Å². The molecular weight excluding hydrogens is 837 g/mol. The van der Waals surface area contributed by atoms with Crippen molar-refractivity contribution in [2.75, 3.05) is 0 Å². The Labute approximate surface area is 399 Å². The van der Waals surface area contributed by atoms with Crippen molar-refractivity contribution in [1.82, 2.24) is 19.9 Å². The number of benzene rings is 8. The van der Waals surface area contributed by atoms with Gasteiger partial charge in [-0.25, -0.2) is 15.0 Å². The fraction of sp³-hybridized carbons (Fsp3) is 0.0462. The van der Waals surface area contributed by atoms with Crippen LogP contribution in [0, 0.1) is 0 Å². The van der Waals surface area contributed by atoms with Gasteiger partial charge in [-0.3, -0.25) is 4.98 Å². The molecule has 4 nitrogen and oxygen atoms in total. The highest BCUT2D eigenvalue weighted by Crippen LogP contribution is 2.57. The molecule has 0 atom stereocenters. The first kappa shape index (κ1) is 39.3. The number of fused-ring (bicyclic) bond motifs is 10. The highest BCUT2D eigenvalue weighted by molar-refractivity contribution is 6.14. The fourth-order valence-electron chi connectivity index (χ4n) is 11.5. The third kappa shape index (κ3) is 6.08. The number of hydrogen-bond acceptors (Lipinski definition) is 4. The van der Waals surface area contributed by atoms with Gasteiger partial charge in [0.15, 0.2) is 0 Å². The minimum Gasteiger partial charge on any atom is -0.256 e. The van der Waals surface area contributed by atoms with Crippen LogP contribution in [-0.4, -0.2) is 19.9 Å². The van der Waals surface area contributed by atoms with Crippen LogP contribution in [0.15, 0.2) is 231 Å². The summed E-state index contributed by atoms with van der Waals surface area (Å²) in [7, 11) is 0. The predicted octanol–water partition coefficient (Wildman–Crippen LogP) is 16.1. The molecule has 0 amide bonds. The zero-order valence-electron chi connectivity index (χ0n) is 37.6. The lowest BCUT2D eigenvalue weighted by Gasteiger charge is -2.34. The van der Waals surface area contributed by atoms with E-state index in [0.717, 1.165) is 101 Å². The molecule has 322 valence electrons. The maximum atomic E-state index is 5.50. The van der Waals surface area contributed by atoms with Crippen LogP contribution in [0.25, 0.3) is 105 Å². The summed E-state index contributed by atoms with van der Waals surface area (Å²) >= 11 is 0. The molecule has 12 aromatic rings. The average molecular weight is 879 g/mol. The minimum absolute atomic E-state index is 0.506.